The van der Waals surface area contributed by atoms with Crippen LogP contribution in [0.25, 0.3) is 5.76 Å². The Hall–Kier alpha value is -2.10. The number of aromatic nitrogens is 3. The van der Waals surface area contributed by atoms with E-state index in [-0.39, 0.29) is 28.7 Å². The molecule has 0 amide bonds. The highest BCUT2D eigenvalue weighted by Crippen LogP contribution is 2.27. The van der Waals surface area contributed by atoms with Crippen LogP contribution in [-0.2, 0) is 9.53 Å². The van der Waals surface area contributed by atoms with Crippen LogP contribution < -0.4 is 0 Å². The third-order valence-corrected chi connectivity index (χ3v) is 3.61. The molecule has 0 bridgehead atoms. The summed E-state index contributed by atoms with van der Waals surface area (Å²) < 4.78 is 22.0. The van der Waals surface area contributed by atoms with E-state index >= 15 is 0 Å². The highest BCUT2D eigenvalue weighted by atomic mass is 35.5. The molecule has 0 aliphatic carbocycles. The van der Waals surface area contributed by atoms with Crippen molar-refractivity contribution in [2.75, 3.05) is 6.61 Å². The Morgan fingerprint density at radius 1 is 1.50 bits per heavy atom. The van der Waals surface area contributed by atoms with Gasteiger partial charge in [0.2, 0.25) is 0 Å². The van der Waals surface area contributed by atoms with Crippen LogP contribution in [0.4, 0.5) is 10.2 Å². The molecule has 0 saturated heterocycles. The van der Waals surface area contributed by atoms with E-state index < -0.39 is 22.7 Å². The maximum absolute atomic E-state index is 13.6. The molecule has 2 heterocycles. The highest BCUT2D eigenvalue weighted by Gasteiger charge is 2.20. The number of halogens is 3. The Bertz CT molecular complexity index is 812. The summed E-state index contributed by atoms with van der Waals surface area (Å²) in [6.07, 6.45) is 1.02. The molecule has 0 radical (unpaired) electrons. The van der Waals surface area contributed by atoms with Crippen molar-refractivity contribution in [1.82, 2.24) is 14.6 Å². The van der Waals surface area contributed by atoms with Crippen LogP contribution in [0.5, 0.6) is 0 Å². The van der Waals surface area contributed by atoms with E-state index in [0.717, 1.165) is 23.8 Å². The zero-order valence-electron chi connectivity index (χ0n) is 12.0. The normalized spacial score (nSPS) is 12.3. The number of aliphatic hydroxyl groups is 1. The summed E-state index contributed by atoms with van der Waals surface area (Å²) in [5.41, 5.74) is -0.584. The minimum Gasteiger partial charge on any atom is -0.506 e. The van der Waals surface area contributed by atoms with Crippen LogP contribution in [0, 0.1) is 5.82 Å². The van der Waals surface area contributed by atoms with E-state index in [0.29, 0.717) is 0 Å². The van der Waals surface area contributed by atoms with Crippen molar-refractivity contribution >= 4 is 58.5 Å². The van der Waals surface area contributed by atoms with Crippen molar-refractivity contribution in [3.63, 3.8) is 0 Å². The number of carbonyl (C=O) groups is 1. The molecule has 0 fully saturated rings. The van der Waals surface area contributed by atoms with Crippen molar-refractivity contribution in [2.24, 2.45) is 4.99 Å². The maximum Gasteiger partial charge on any atom is 0.343 e. The van der Waals surface area contributed by atoms with E-state index in [1.165, 1.54) is 5.38 Å². The van der Waals surface area contributed by atoms with Gasteiger partial charge in [-0.05, 0) is 24.5 Å². The SMILES string of the molecule is CCOC(=O)C(/C=N/c1csnn1)=C(/O)c1cc(F)c(Cl)nc1Cl. The van der Waals surface area contributed by atoms with Gasteiger partial charge >= 0.3 is 5.97 Å². The fraction of sp³-hybridized carbons (Fsp3) is 0.154. The van der Waals surface area contributed by atoms with Gasteiger partial charge in [-0.25, -0.2) is 19.2 Å². The molecular formula is C13H9Cl2FN4O3S. The van der Waals surface area contributed by atoms with Crippen LogP contribution in [0.1, 0.15) is 12.5 Å². The van der Waals surface area contributed by atoms with Gasteiger partial charge in [0.1, 0.15) is 16.5 Å². The lowest BCUT2D eigenvalue weighted by Crippen LogP contribution is -2.11. The Balaban J connectivity index is 2.53. The number of ether oxygens (including phenoxy) is 1. The lowest BCUT2D eigenvalue weighted by atomic mass is 10.1. The molecule has 0 aliphatic heterocycles. The van der Waals surface area contributed by atoms with Crippen LogP contribution >= 0.6 is 34.7 Å². The van der Waals surface area contributed by atoms with E-state index in [1.54, 1.807) is 6.92 Å². The van der Waals surface area contributed by atoms with E-state index in [1.807, 2.05) is 0 Å². The number of pyridine rings is 1. The molecule has 0 atom stereocenters. The lowest BCUT2D eigenvalue weighted by molar-refractivity contribution is -0.137. The molecule has 2 rings (SSSR count). The summed E-state index contributed by atoms with van der Waals surface area (Å²) in [5.74, 6) is -2.23. The first-order valence-corrected chi connectivity index (χ1v) is 7.96. The fourth-order valence-electron chi connectivity index (χ4n) is 1.52. The molecule has 0 aliphatic rings. The zero-order valence-corrected chi connectivity index (χ0v) is 14.4. The minimum absolute atomic E-state index is 0.0582. The standard InChI is InChI=1S/C13H9Cl2FN4O3S/c1-2-23-13(22)7(4-17-9-5-24-20-19-9)10(21)6-3-8(16)12(15)18-11(6)14/h3-5,21H,2H2,1H3/b10-7+,17-4+. The van der Waals surface area contributed by atoms with Crippen LogP contribution in [0.2, 0.25) is 10.3 Å². The third-order valence-electron chi connectivity index (χ3n) is 2.57. The largest absolute Gasteiger partial charge is 0.506 e. The monoisotopic (exact) mass is 390 g/mol. The number of esters is 1. The van der Waals surface area contributed by atoms with E-state index in [4.69, 9.17) is 27.9 Å². The molecule has 2 aromatic rings. The Kier molecular flexibility index (Phi) is 6.18. The average Bonchev–Trinajstić information content (AvgIpc) is 3.04. The minimum atomic E-state index is -0.911. The molecule has 1 N–H and O–H groups in total. The average molecular weight is 391 g/mol. The predicted molar refractivity (Wildman–Crippen MR) is 88.5 cm³/mol. The molecular weight excluding hydrogens is 382 g/mol. The number of nitrogens with zero attached hydrogens (tertiary/aromatic N) is 4. The molecule has 0 saturated carbocycles. The van der Waals surface area contributed by atoms with Crippen molar-refractivity contribution in [2.45, 2.75) is 6.92 Å². The summed E-state index contributed by atoms with van der Waals surface area (Å²) >= 11 is 12.4. The smallest absolute Gasteiger partial charge is 0.343 e. The van der Waals surface area contributed by atoms with Gasteiger partial charge in [-0.3, -0.25) is 0 Å². The number of aliphatic hydroxyl groups excluding tert-OH is 1. The lowest BCUT2D eigenvalue weighted by Gasteiger charge is -2.08. The number of hydrogen-bond donors (Lipinski definition) is 1. The van der Waals surface area contributed by atoms with Gasteiger partial charge in [0.05, 0.1) is 17.6 Å². The fourth-order valence-corrected chi connectivity index (χ4v) is 2.31. The molecule has 0 aromatic carbocycles. The summed E-state index contributed by atoms with van der Waals surface area (Å²) in [4.78, 5) is 19.5. The number of hydrogen-bond acceptors (Lipinski definition) is 8. The first-order valence-electron chi connectivity index (χ1n) is 6.37. The first kappa shape index (κ1) is 18.2. The second-order valence-electron chi connectivity index (χ2n) is 4.10. The summed E-state index contributed by atoms with van der Waals surface area (Å²) in [6.45, 7) is 1.65. The van der Waals surface area contributed by atoms with Crippen LogP contribution in [-0.4, -0.2) is 38.5 Å². The van der Waals surface area contributed by atoms with Gasteiger partial charge in [0.25, 0.3) is 0 Å². The number of rotatable bonds is 5. The second kappa shape index (κ2) is 8.13. The summed E-state index contributed by atoms with van der Waals surface area (Å²) in [5, 5.41) is 14.8. The maximum atomic E-state index is 13.6. The number of carbonyl (C=O) groups excluding carboxylic acids is 1. The first-order chi connectivity index (χ1) is 11.4. The topological polar surface area (TPSA) is 97.6 Å². The van der Waals surface area contributed by atoms with Gasteiger partial charge in [0, 0.05) is 6.21 Å². The molecule has 126 valence electrons. The van der Waals surface area contributed by atoms with E-state index in [2.05, 4.69) is 19.6 Å². The van der Waals surface area contributed by atoms with Crippen molar-refractivity contribution in [3.8, 4) is 0 Å². The van der Waals surface area contributed by atoms with E-state index in [9.17, 15) is 14.3 Å². The van der Waals surface area contributed by atoms with Gasteiger partial charge in [-0.15, -0.1) is 5.10 Å². The molecule has 24 heavy (non-hydrogen) atoms. The zero-order chi connectivity index (χ0) is 17.7. The van der Waals surface area contributed by atoms with Crippen LogP contribution in [0.3, 0.4) is 0 Å². The molecule has 11 heteroatoms. The molecule has 0 unspecified atom stereocenters. The highest BCUT2D eigenvalue weighted by molar-refractivity contribution is 7.03. The van der Waals surface area contributed by atoms with Crippen molar-refractivity contribution < 1.29 is 19.0 Å². The number of aliphatic imine (C=N–C) groups is 1. The Morgan fingerprint density at radius 2 is 2.25 bits per heavy atom. The van der Waals surface area contributed by atoms with Gasteiger partial charge in [-0.2, -0.15) is 0 Å². The Labute approximate surface area is 149 Å². The Morgan fingerprint density at radius 3 is 2.88 bits per heavy atom. The molecule has 2 aromatic heterocycles. The molecule has 0 spiro atoms. The van der Waals surface area contributed by atoms with Gasteiger partial charge in [-0.1, -0.05) is 27.7 Å². The summed E-state index contributed by atoms with van der Waals surface area (Å²) in [7, 11) is 0. The predicted octanol–water partition coefficient (Wildman–Crippen LogP) is 3.61. The second-order valence-corrected chi connectivity index (χ2v) is 5.43. The van der Waals surface area contributed by atoms with Crippen LogP contribution in [0.15, 0.2) is 22.0 Å². The molecule has 7 nitrogen and oxygen atoms in total. The van der Waals surface area contributed by atoms with Crippen molar-refractivity contribution in [1.29, 1.82) is 0 Å². The van der Waals surface area contributed by atoms with Gasteiger partial charge < -0.3 is 9.84 Å². The quantitative estimate of drug-likeness (QED) is 0.275. The van der Waals surface area contributed by atoms with Gasteiger partial charge in [0.15, 0.2) is 16.8 Å². The van der Waals surface area contributed by atoms with Crippen molar-refractivity contribution in [3.05, 3.63) is 38.7 Å². The third kappa shape index (κ3) is 4.25. The summed E-state index contributed by atoms with van der Waals surface area (Å²) in [6, 6.07) is 0.852.